The van der Waals surface area contributed by atoms with Crippen LogP contribution in [0.15, 0.2) is 247 Å². The van der Waals surface area contributed by atoms with Crippen LogP contribution in [0.1, 0.15) is 0 Å². The fourth-order valence-electron chi connectivity index (χ4n) is 9.52. The number of hydrogen-bond acceptors (Lipinski definition) is 2. The summed E-state index contributed by atoms with van der Waals surface area (Å²) in [5.74, 6) is 0. The molecule has 0 radical (unpaired) electrons. The van der Waals surface area contributed by atoms with Crippen molar-refractivity contribution in [3.63, 3.8) is 0 Å². The van der Waals surface area contributed by atoms with Crippen molar-refractivity contribution in [2.24, 2.45) is 0 Å². The highest BCUT2D eigenvalue weighted by molar-refractivity contribution is 6.18. The molecule has 0 aliphatic carbocycles. The molecule has 0 spiro atoms. The van der Waals surface area contributed by atoms with E-state index in [0.717, 1.165) is 72.4 Å². The molecule has 0 aliphatic heterocycles. The van der Waals surface area contributed by atoms with E-state index in [4.69, 9.17) is 4.42 Å². The number of aromatic nitrogens is 1. The Labute approximate surface area is 366 Å². The van der Waals surface area contributed by atoms with Crippen molar-refractivity contribution in [1.29, 1.82) is 0 Å². The van der Waals surface area contributed by atoms with Gasteiger partial charge in [0.15, 0.2) is 0 Å². The van der Waals surface area contributed by atoms with Crippen molar-refractivity contribution in [2.45, 2.75) is 0 Å². The maximum atomic E-state index is 6.37. The van der Waals surface area contributed by atoms with E-state index < -0.39 is 0 Å². The third-order valence-electron chi connectivity index (χ3n) is 12.4. The number of furan rings is 1. The highest BCUT2D eigenvalue weighted by Crippen LogP contribution is 2.45. The molecule has 3 heteroatoms. The predicted octanol–water partition coefficient (Wildman–Crippen LogP) is 16.8. The SMILES string of the molecule is c1ccc(-c2ccc(-c3ccc(N(c4ccccc4)c4ccccc4-c4cccc(-c5cccc6c5c5ccccc5n6-c5cccc6oc7ccccc7c56)c4)cc3)cc2)cc1. The lowest BCUT2D eigenvalue weighted by atomic mass is 9.94. The number of hydrogen-bond donors (Lipinski definition) is 0. The zero-order chi connectivity index (χ0) is 41.7. The van der Waals surface area contributed by atoms with Gasteiger partial charge in [-0.05, 0) is 106 Å². The molecule has 3 nitrogen and oxygen atoms in total. The van der Waals surface area contributed by atoms with Crippen LogP contribution in [0, 0.1) is 0 Å². The fraction of sp³-hybridized carbons (Fsp3) is 0. The summed E-state index contributed by atoms with van der Waals surface area (Å²) in [5, 5.41) is 4.68. The molecule has 0 fully saturated rings. The van der Waals surface area contributed by atoms with E-state index in [2.05, 4.69) is 246 Å². The van der Waals surface area contributed by atoms with Gasteiger partial charge < -0.3 is 13.9 Å². The summed E-state index contributed by atoms with van der Waals surface area (Å²) in [6, 6.07) is 87.0. The largest absolute Gasteiger partial charge is 0.456 e. The number of nitrogens with zero attached hydrogens (tertiary/aromatic N) is 2. The zero-order valence-electron chi connectivity index (χ0n) is 34.4. The van der Waals surface area contributed by atoms with Gasteiger partial charge in [0.1, 0.15) is 11.2 Å². The normalized spacial score (nSPS) is 11.5. The molecule has 12 aromatic rings. The van der Waals surface area contributed by atoms with Crippen molar-refractivity contribution in [2.75, 3.05) is 4.90 Å². The van der Waals surface area contributed by atoms with Gasteiger partial charge >= 0.3 is 0 Å². The van der Waals surface area contributed by atoms with Crippen LogP contribution in [-0.2, 0) is 0 Å². The first-order valence-corrected chi connectivity index (χ1v) is 21.5. The summed E-state index contributed by atoms with van der Waals surface area (Å²) in [6.07, 6.45) is 0. The summed E-state index contributed by atoms with van der Waals surface area (Å²) < 4.78 is 8.79. The molecular formula is C60H40N2O. The van der Waals surface area contributed by atoms with Gasteiger partial charge in [0.2, 0.25) is 0 Å². The lowest BCUT2D eigenvalue weighted by molar-refractivity contribution is 0.669. The molecule has 0 saturated heterocycles. The first-order chi connectivity index (χ1) is 31.3. The topological polar surface area (TPSA) is 21.3 Å². The number of rotatable bonds is 8. The van der Waals surface area contributed by atoms with Gasteiger partial charge in [-0.1, -0.05) is 176 Å². The van der Waals surface area contributed by atoms with E-state index in [0.29, 0.717) is 0 Å². The van der Waals surface area contributed by atoms with Gasteiger partial charge in [-0.15, -0.1) is 0 Å². The lowest BCUT2D eigenvalue weighted by Crippen LogP contribution is -2.11. The van der Waals surface area contributed by atoms with Crippen LogP contribution in [-0.4, -0.2) is 4.57 Å². The molecule has 0 amide bonds. The van der Waals surface area contributed by atoms with Gasteiger partial charge in [0.25, 0.3) is 0 Å². The van der Waals surface area contributed by atoms with Gasteiger partial charge in [-0.3, -0.25) is 0 Å². The standard InChI is InChI=1S/C60H40N2O/c1-3-16-41(17-4-1)42-32-34-43(35-33-42)44-36-38-48(39-37-44)61(47-20-5-2-6-21-47)53-26-10-7-22-49(53)45-18-13-19-46(40-45)50-25-14-28-55-59(50)51-23-8-11-27-54(51)62(55)56-29-15-31-58-60(56)52-24-9-12-30-57(52)63-58/h1-40H. The average Bonchev–Trinajstić information content (AvgIpc) is 3.92. The van der Waals surface area contributed by atoms with E-state index in [9.17, 15) is 0 Å². The summed E-state index contributed by atoms with van der Waals surface area (Å²) in [5.41, 5.74) is 18.0. The summed E-state index contributed by atoms with van der Waals surface area (Å²) in [6.45, 7) is 0. The molecule has 0 N–H and O–H groups in total. The quantitative estimate of drug-likeness (QED) is 0.153. The second-order valence-corrected chi connectivity index (χ2v) is 16.1. The number of benzene rings is 10. The maximum Gasteiger partial charge on any atom is 0.137 e. The summed E-state index contributed by atoms with van der Waals surface area (Å²) in [7, 11) is 0. The van der Waals surface area contributed by atoms with Crippen LogP contribution in [0.25, 0.3) is 93.9 Å². The number of anilines is 3. The minimum absolute atomic E-state index is 0.886. The Morgan fingerprint density at radius 2 is 0.825 bits per heavy atom. The molecule has 2 aromatic heterocycles. The highest BCUT2D eigenvalue weighted by atomic mass is 16.3. The van der Waals surface area contributed by atoms with Crippen LogP contribution < -0.4 is 4.90 Å². The molecule has 0 bridgehead atoms. The molecule has 63 heavy (non-hydrogen) atoms. The maximum absolute atomic E-state index is 6.37. The van der Waals surface area contributed by atoms with E-state index in [1.807, 2.05) is 6.07 Å². The van der Waals surface area contributed by atoms with Crippen molar-refractivity contribution >= 4 is 60.8 Å². The smallest absolute Gasteiger partial charge is 0.137 e. The molecule has 12 rings (SSSR count). The van der Waals surface area contributed by atoms with Crippen LogP contribution >= 0.6 is 0 Å². The Morgan fingerprint density at radius 3 is 1.60 bits per heavy atom. The zero-order valence-corrected chi connectivity index (χ0v) is 34.4. The van der Waals surface area contributed by atoms with E-state index in [1.165, 1.54) is 38.6 Å². The van der Waals surface area contributed by atoms with Crippen LogP contribution in [0.4, 0.5) is 17.1 Å². The Kier molecular flexibility index (Phi) is 8.83. The molecule has 10 aromatic carbocycles. The second-order valence-electron chi connectivity index (χ2n) is 16.1. The molecule has 0 atom stereocenters. The van der Waals surface area contributed by atoms with Crippen molar-refractivity contribution in [3.05, 3.63) is 243 Å². The summed E-state index contributed by atoms with van der Waals surface area (Å²) >= 11 is 0. The molecular weight excluding hydrogens is 765 g/mol. The minimum Gasteiger partial charge on any atom is -0.456 e. The molecule has 0 saturated carbocycles. The Morgan fingerprint density at radius 1 is 0.317 bits per heavy atom. The average molecular weight is 805 g/mol. The Balaban J connectivity index is 0.963. The minimum atomic E-state index is 0.886. The number of fused-ring (bicyclic) bond motifs is 6. The van der Waals surface area contributed by atoms with Gasteiger partial charge in [0, 0.05) is 33.1 Å². The van der Waals surface area contributed by atoms with Crippen LogP contribution in [0.5, 0.6) is 0 Å². The van der Waals surface area contributed by atoms with Crippen molar-refractivity contribution < 1.29 is 4.42 Å². The predicted molar refractivity (Wildman–Crippen MR) is 264 cm³/mol. The highest BCUT2D eigenvalue weighted by Gasteiger charge is 2.21. The Hall–Kier alpha value is -8.40. The van der Waals surface area contributed by atoms with E-state index >= 15 is 0 Å². The fourth-order valence-corrected chi connectivity index (χ4v) is 9.52. The third kappa shape index (κ3) is 6.29. The van der Waals surface area contributed by atoms with E-state index in [1.54, 1.807) is 0 Å². The summed E-state index contributed by atoms with van der Waals surface area (Å²) in [4.78, 5) is 2.37. The molecule has 2 heterocycles. The van der Waals surface area contributed by atoms with Crippen LogP contribution in [0.3, 0.4) is 0 Å². The first-order valence-electron chi connectivity index (χ1n) is 21.5. The molecule has 0 aliphatic rings. The Bertz CT molecular complexity index is 3600. The van der Waals surface area contributed by atoms with Crippen LogP contribution in [0.2, 0.25) is 0 Å². The molecule has 0 unspecified atom stereocenters. The molecule has 296 valence electrons. The lowest BCUT2D eigenvalue weighted by Gasteiger charge is -2.28. The van der Waals surface area contributed by atoms with Crippen molar-refractivity contribution in [3.8, 4) is 50.2 Å². The second kappa shape index (κ2) is 15.3. The van der Waals surface area contributed by atoms with Gasteiger partial charge in [-0.25, -0.2) is 0 Å². The van der Waals surface area contributed by atoms with Gasteiger partial charge in [0.05, 0.1) is 27.8 Å². The monoisotopic (exact) mass is 804 g/mol. The van der Waals surface area contributed by atoms with Crippen molar-refractivity contribution in [1.82, 2.24) is 4.57 Å². The van der Waals surface area contributed by atoms with Gasteiger partial charge in [-0.2, -0.15) is 0 Å². The third-order valence-corrected chi connectivity index (χ3v) is 12.4. The van der Waals surface area contributed by atoms with E-state index in [-0.39, 0.29) is 0 Å². The number of para-hydroxylation sites is 4. The first kappa shape index (κ1) is 36.5.